The zero-order valence-corrected chi connectivity index (χ0v) is 17.2. The van der Waals surface area contributed by atoms with Crippen molar-refractivity contribution in [3.63, 3.8) is 0 Å². The molecule has 7 nitrogen and oxygen atoms in total. The Morgan fingerprint density at radius 3 is 2.73 bits per heavy atom. The Labute approximate surface area is 178 Å². The highest BCUT2D eigenvalue weighted by molar-refractivity contribution is 8.18. The van der Waals surface area contributed by atoms with Gasteiger partial charge in [0.25, 0.3) is 17.1 Å². The lowest BCUT2D eigenvalue weighted by Gasteiger charge is -2.12. The molecule has 1 aliphatic rings. The number of imide groups is 1. The van der Waals surface area contributed by atoms with Gasteiger partial charge >= 0.3 is 6.61 Å². The Morgan fingerprint density at radius 1 is 1.27 bits per heavy atom. The number of thioether (sulfide) groups is 1. The van der Waals surface area contributed by atoms with E-state index in [1.54, 1.807) is 17.5 Å². The number of methoxy groups -OCH3 is 1. The molecule has 0 spiro atoms. The zero-order chi connectivity index (χ0) is 21.7. The lowest BCUT2D eigenvalue weighted by atomic mass is 10.2. The SMILES string of the molecule is COc1cc(/C=C2\SC(=O)N(CCNC(=O)c3cccs3)C2=O)ccc1OC(F)F. The number of alkyl halides is 2. The van der Waals surface area contributed by atoms with Gasteiger partial charge in [0.15, 0.2) is 11.5 Å². The number of carbonyl (C=O) groups is 3. The maximum atomic E-state index is 12.5. The second-order valence-electron chi connectivity index (χ2n) is 5.86. The summed E-state index contributed by atoms with van der Waals surface area (Å²) in [5, 5.41) is 3.98. The third kappa shape index (κ3) is 5.16. The zero-order valence-electron chi connectivity index (χ0n) is 15.6. The molecule has 0 unspecified atom stereocenters. The molecule has 1 fully saturated rings. The number of thiophene rings is 1. The molecular formula is C19H16F2N2O5S2. The van der Waals surface area contributed by atoms with Crippen LogP contribution in [-0.4, -0.2) is 48.8 Å². The summed E-state index contributed by atoms with van der Waals surface area (Å²) in [5.41, 5.74) is 0.477. The van der Waals surface area contributed by atoms with Gasteiger partial charge in [-0.1, -0.05) is 12.1 Å². The number of hydrogen-bond acceptors (Lipinski definition) is 7. The molecule has 3 amide bonds. The van der Waals surface area contributed by atoms with E-state index in [1.807, 2.05) is 0 Å². The number of benzene rings is 1. The van der Waals surface area contributed by atoms with Gasteiger partial charge in [-0.3, -0.25) is 19.3 Å². The topological polar surface area (TPSA) is 84.9 Å². The van der Waals surface area contributed by atoms with Crippen LogP contribution in [0.25, 0.3) is 6.08 Å². The molecule has 0 radical (unpaired) electrons. The Balaban J connectivity index is 1.65. The smallest absolute Gasteiger partial charge is 0.387 e. The van der Waals surface area contributed by atoms with Crippen LogP contribution in [0.15, 0.2) is 40.6 Å². The molecule has 0 saturated carbocycles. The number of hydrogen-bond donors (Lipinski definition) is 1. The van der Waals surface area contributed by atoms with Crippen molar-refractivity contribution in [2.75, 3.05) is 20.2 Å². The summed E-state index contributed by atoms with van der Waals surface area (Å²) in [6, 6.07) is 7.61. The van der Waals surface area contributed by atoms with E-state index in [-0.39, 0.29) is 35.4 Å². The largest absolute Gasteiger partial charge is 0.493 e. The summed E-state index contributed by atoms with van der Waals surface area (Å²) in [5.74, 6) is -0.841. The maximum absolute atomic E-state index is 12.5. The highest BCUT2D eigenvalue weighted by Gasteiger charge is 2.34. The fraction of sp³-hybridized carbons (Fsp3) is 0.211. The fourth-order valence-electron chi connectivity index (χ4n) is 2.59. The average molecular weight is 454 g/mol. The second-order valence-corrected chi connectivity index (χ2v) is 7.80. The summed E-state index contributed by atoms with van der Waals surface area (Å²) < 4.78 is 34.2. The monoisotopic (exact) mass is 454 g/mol. The lowest BCUT2D eigenvalue weighted by molar-refractivity contribution is -0.122. The molecule has 3 rings (SSSR count). The Morgan fingerprint density at radius 2 is 2.07 bits per heavy atom. The number of halogens is 2. The summed E-state index contributed by atoms with van der Waals surface area (Å²) in [6.45, 7) is -2.85. The molecule has 1 aliphatic heterocycles. The number of amides is 3. The third-order valence-electron chi connectivity index (χ3n) is 3.94. The standard InChI is InChI=1S/C19H16F2N2O5S2/c1-27-13-9-11(4-5-12(13)28-18(20)21)10-15-17(25)23(19(26)30-15)7-6-22-16(24)14-3-2-8-29-14/h2-5,8-10,18H,6-7H2,1H3,(H,22,24)/b15-10-. The van der Waals surface area contributed by atoms with Crippen LogP contribution in [0.4, 0.5) is 13.6 Å². The van der Waals surface area contributed by atoms with E-state index in [0.717, 1.165) is 16.7 Å². The van der Waals surface area contributed by atoms with E-state index < -0.39 is 17.8 Å². The molecule has 30 heavy (non-hydrogen) atoms. The van der Waals surface area contributed by atoms with Crippen molar-refractivity contribution in [3.05, 3.63) is 51.1 Å². The Bertz CT molecular complexity index is 979. The fourth-order valence-corrected chi connectivity index (χ4v) is 4.09. The minimum Gasteiger partial charge on any atom is -0.493 e. The van der Waals surface area contributed by atoms with Gasteiger partial charge < -0.3 is 14.8 Å². The van der Waals surface area contributed by atoms with E-state index in [4.69, 9.17) is 4.74 Å². The van der Waals surface area contributed by atoms with Crippen LogP contribution < -0.4 is 14.8 Å². The molecule has 1 aromatic carbocycles. The first-order chi connectivity index (χ1) is 14.4. The molecule has 1 aromatic heterocycles. The van der Waals surface area contributed by atoms with Gasteiger partial charge in [0, 0.05) is 13.1 Å². The predicted octanol–water partition coefficient (Wildman–Crippen LogP) is 3.82. The van der Waals surface area contributed by atoms with Crippen molar-refractivity contribution in [3.8, 4) is 11.5 Å². The van der Waals surface area contributed by atoms with Gasteiger partial charge in [-0.05, 0) is 47.0 Å². The number of nitrogens with zero attached hydrogens (tertiary/aromatic N) is 1. The third-order valence-corrected chi connectivity index (χ3v) is 5.72. The Hall–Kier alpha value is -2.92. The minimum atomic E-state index is -3.00. The van der Waals surface area contributed by atoms with Gasteiger partial charge in [0.1, 0.15) is 0 Å². The van der Waals surface area contributed by atoms with E-state index in [2.05, 4.69) is 10.1 Å². The second kappa shape index (κ2) is 9.72. The summed E-state index contributed by atoms with van der Waals surface area (Å²) >= 11 is 2.05. The van der Waals surface area contributed by atoms with E-state index in [9.17, 15) is 23.2 Å². The summed E-state index contributed by atoms with van der Waals surface area (Å²) in [6.07, 6.45) is 1.46. The number of ether oxygens (including phenoxy) is 2. The van der Waals surface area contributed by atoms with Gasteiger partial charge in [-0.25, -0.2) is 0 Å². The number of nitrogens with one attached hydrogen (secondary N) is 1. The lowest BCUT2D eigenvalue weighted by Crippen LogP contribution is -2.37. The van der Waals surface area contributed by atoms with Crippen molar-refractivity contribution < 1.29 is 32.6 Å². The van der Waals surface area contributed by atoms with Crippen LogP contribution in [0.5, 0.6) is 11.5 Å². The summed E-state index contributed by atoms with van der Waals surface area (Å²) in [4.78, 5) is 38.4. The van der Waals surface area contributed by atoms with E-state index in [1.165, 1.54) is 42.7 Å². The molecular weight excluding hydrogens is 438 g/mol. The van der Waals surface area contributed by atoms with Crippen molar-refractivity contribution in [2.45, 2.75) is 6.61 Å². The van der Waals surface area contributed by atoms with Gasteiger partial charge in [0.05, 0.1) is 16.9 Å². The first-order valence-corrected chi connectivity index (χ1v) is 10.3. The molecule has 1 N–H and O–H groups in total. The van der Waals surface area contributed by atoms with Crippen molar-refractivity contribution in [1.29, 1.82) is 0 Å². The van der Waals surface area contributed by atoms with Crippen LogP contribution in [0.3, 0.4) is 0 Å². The van der Waals surface area contributed by atoms with Crippen molar-refractivity contribution >= 4 is 46.2 Å². The Kier molecular flexibility index (Phi) is 7.06. The van der Waals surface area contributed by atoms with Crippen molar-refractivity contribution in [1.82, 2.24) is 10.2 Å². The summed E-state index contributed by atoms with van der Waals surface area (Å²) in [7, 11) is 1.30. The number of carbonyl (C=O) groups excluding carboxylic acids is 3. The molecule has 0 atom stereocenters. The van der Waals surface area contributed by atoms with Crippen LogP contribution in [0, 0.1) is 0 Å². The van der Waals surface area contributed by atoms with Gasteiger partial charge in [-0.15, -0.1) is 11.3 Å². The highest BCUT2D eigenvalue weighted by atomic mass is 32.2. The molecule has 158 valence electrons. The average Bonchev–Trinajstić information content (AvgIpc) is 3.33. The molecule has 0 bridgehead atoms. The van der Waals surface area contributed by atoms with Gasteiger partial charge in [-0.2, -0.15) is 8.78 Å². The van der Waals surface area contributed by atoms with Crippen LogP contribution in [-0.2, 0) is 4.79 Å². The number of rotatable bonds is 8. The minimum absolute atomic E-state index is 0.0314. The van der Waals surface area contributed by atoms with E-state index in [0.29, 0.717) is 10.4 Å². The van der Waals surface area contributed by atoms with Crippen LogP contribution >= 0.6 is 23.1 Å². The predicted molar refractivity (Wildman–Crippen MR) is 109 cm³/mol. The quantitative estimate of drug-likeness (QED) is 0.611. The normalized spacial score (nSPS) is 15.2. The first kappa shape index (κ1) is 21.8. The van der Waals surface area contributed by atoms with Crippen LogP contribution in [0.2, 0.25) is 0 Å². The molecule has 2 aromatic rings. The first-order valence-electron chi connectivity index (χ1n) is 8.59. The van der Waals surface area contributed by atoms with Gasteiger partial charge in [0.2, 0.25) is 0 Å². The van der Waals surface area contributed by atoms with E-state index >= 15 is 0 Å². The molecule has 1 saturated heterocycles. The molecule has 11 heteroatoms. The van der Waals surface area contributed by atoms with Crippen LogP contribution in [0.1, 0.15) is 15.2 Å². The maximum Gasteiger partial charge on any atom is 0.387 e. The highest BCUT2D eigenvalue weighted by Crippen LogP contribution is 2.34. The molecule has 2 heterocycles. The van der Waals surface area contributed by atoms with Crippen molar-refractivity contribution in [2.24, 2.45) is 0 Å². The molecule has 0 aliphatic carbocycles.